The Bertz CT molecular complexity index is 751. The van der Waals surface area contributed by atoms with Gasteiger partial charge in [0.1, 0.15) is 0 Å². The van der Waals surface area contributed by atoms with Gasteiger partial charge in [-0.3, -0.25) is 0 Å². The molecule has 5 nitrogen and oxygen atoms in total. The summed E-state index contributed by atoms with van der Waals surface area (Å²) in [6, 6.07) is 12.9. The Labute approximate surface area is 206 Å². The van der Waals surface area contributed by atoms with E-state index < -0.39 is 11.9 Å². The topological polar surface area (TPSA) is 77.4 Å². The highest BCUT2D eigenvalue weighted by molar-refractivity contribution is 8.76. The van der Waals surface area contributed by atoms with E-state index >= 15 is 0 Å². The van der Waals surface area contributed by atoms with Gasteiger partial charge in [0.15, 0.2) is 0 Å². The largest absolute Gasteiger partial charge is 0.545 e. The highest BCUT2D eigenvalue weighted by atomic mass is 33.1. The standard InChI is InChI=1S/C14H10O4S2.C12H28N/c15-13(16)9-1-5-11(6-2-9)19-20-12-7-3-10(4-8-12)14(17)18;1-5-9-13(10-6-2,11-7-3)12-8-4/h1-8H,(H,15,16)(H,17,18);5-12H2,1-4H3/q;+1/p-1. The lowest BCUT2D eigenvalue weighted by atomic mass is 10.2. The zero-order valence-corrected chi connectivity index (χ0v) is 21.8. The van der Waals surface area contributed by atoms with Crippen molar-refractivity contribution in [2.75, 3.05) is 26.2 Å². The van der Waals surface area contributed by atoms with Crippen molar-refractivity contribution in [2.45, 2.75) is 63.2 Å². The Balaban J connectivity index is 0.000000366. The molecule has 0 radical (unpaired) electrons. The predicted octanol–water partition coefficient (Wildman–Crippen LogP) is 5.99. The second-order valence-corrected chi connectivity index (χ2v) is 10.3. The maximum Gasteiger partial charge on any atom is 0.335 e. The summed E-state index contributed by atoms with van der Waals surface area (Å²) in [7, 11) is 2.93. The monoisotopic (exact) mass is 491 g/mol. The minimum atomic E-state index is -1.20. The number of carbonyl (C=O) groups excluding carboxylic acids is 1. The van der Waals surface area contributed by atoms with Crippen LogP contribution in [0.5, 0.6) is 0 Å². The fourth-order valence-corrected chi connectivity index (χ4v) is 5.89. The Kier molecular flexibility index (Phi) is 13.9. The number of benzene rings is 2. The van der Waals surface area contributed by atoms with E-state index in [0.29, 0.717) is 0 Å². The molecule has 0 heterocycles. The zero-order valence-electron chi connectivity index (χ0n) is 20.2. The molecule has 0 unspecified atom stereocenters. The molecule has 0 aliphatic carbocycles. The molecule has 0 spiro atoms. The summed E-state index contributed by atoms with van der Waals surface area (Å²) in [5.74, 6) is -2.15. The molecule has 1 N–H and O–H groups in total. The van der Waals surface area contributed by atoms with Gasteiger partial charge in [0.2, 0.25) is 0 Å². The smallest absolute Gasteiger partial charge is 0.335 e. The molecule has 0 bridgehead atoms. The summed E-state index contributed by atoms with van der Waals surface area (Å²) in [6.07, 6.45) is 5.33. The van der Waals surface area contributed by atoms with E-state index in [0.717, 1.165) is 9.79 Å². The van der Waals surface area contributed by atoms with Gasteiger partial charge < -0.3 is 19.5 Å². The van der Waals surface area contributed by atoms with Crippen LogP contribution in [0.2, 0.25) is 0 Å². The lowest BCUT2D eigenvalue weighted by Gasteiger charge is -2.38. The molecule has 33 heavy (non-hydrogen) atoms. The maximum absolute atomic E-state index is 10.7. The number of quaternary nitrogens is 1. The first-order valence-electron chi connectivity index (χ1n) is 11.6. The van der Waals surface area contributed by atoms with E-state index in [1.807, 2.05) is 0 Å². The molecule has 2 aromatic carbocycles. The molecule has 7 heteroatoms. The Hall–Kier alpha value is -1.96. The highest BCUT2D eigenvalue weighted by Crippen LogP contribution is 2.37. The molecule has 0 saturated heterocycles. The van der Waals surface area contributed by atoms with Crippen LogP contribution in [0, 0.1) is 0 Å². The molecule has 0 atom stereocenters. The number of carbonyl (C=O) groups is 2. The van der Waals surface area contributed by atoms with Crippen LogP contribution in [-0.2, 0) is 0 Å². The average Bonchev–Trinajstić information content (AvgIpc) is 2.79. The van der Waals surface area contributed by atoms with E-state index in [4.69, 9.17) is 5.11 Å². The van der Waals surface area contributed by atoms with Crippen molar-refractivity contribution in [2.24, 2.45) is 0 Å². The third kappa shape index (κ3) is 10.7. The van der Waals surface area contributed by atoms with Gasteiger partial charge in [-0.1, -0.05) is 61.4 Å². The van der Waals surface area contributed by atoms with Gasteiger partial charge in [0.05, 0.1) is 37.7 Å². The summed E-state index contributed by atoms with van der Waals surface area (Å²) in [6.45, 7) is 14.8. The molecule has 0 aromatic heterocycles. The first-order chi connectivity index (χ1) is 15.8. The summed E-state index contributed by atoms with van der Waals surface area (Å²) in [5, 5.41) is 19.4. The van der Waals surface area contributed by atoms with Crippen molar-refractivity contribution in [1.82, 2.24) is 0 Å². The quantitative estimate of drug-likeness (QED) is 0.274. The number of carboxylic acids is 2. The molecule has 182 valence electrons. The van der Waals surface area contributed by atoms with Crippen LogP contribution >= 0.6 is 21.6 Å². The summed E-state index contributed by atoms with van der Waals surface area (Å²) in [4.78, 5) is 23.1. The van der Waals surface area contributed by atoms with Crippen LogP contribution in [0.1, 0.15) is 74.1 Å². The number of hydrogen-bond donors (Lipinski definition) is 1. The van der Waals surface area contributed by atoms with Crippen molar-refractivity contribution in [3.63, 3.8) is 0 Å². The van der Waals surface area contributed by atoms with Crippen LogP contribution in [0.25, 0.3) is 0 Å². The summed E-state index contributed by atoms with van der Waals surface area (Å²) >= 11 is 0. The van der Waals surface area contributed by atoms with Crippen LogP contribution in [0.3, 0.4) is 0 Å². The number of aromatic carboxylic acids is 2. The molecule has 0 aliphatic heterocycles. The van der Waals surface area contributed by atoms with Gasteiger partial charge in [0.25, 0.3) is 0 Å². The predicted molar refractivity (Wildman–Crippen MR) is 137 cm³/mol. The Morgan fingerprint density at radius 1 is 0.697 bits per heavy atom. The second kappa shape index (κ2) is 15.8. The molecule has 0 fully saturated rings. The van der Waals surface area contributed by atoms with E-state index in [9.17, 15) is 14.7 Å². The summed E-state index contributed by atoms with van der Waals surface area (Å²) < 4.78 is 1.38. The maximum atomic E-state index is 10.7. The van der Waals surface area contributed by atoms with Gasteiger partial charge in [-0.2, -0.15) is 0 Å². The molecule has 0 saturated carbocycles. The first-order valence-corrected chi connectivity index (χ1v) is 13.8. The normalized spacial score (nSPS) is 10.9. The van der Waals surface area contributed by atoms with Gasteiger partial charge in [-0.05, 0) is 67.6 Å². The van der Waals surface area contributed by atoms with E-state index in [1.165, 1.54) is 90.1 Å². The third-order valence-electron chi connectivity index (χ3n) is 5.22. The van der Waals surface area contributed by atoms with Crippen LogP contribution in [0.15, 0.2) is 58.3 Å². The van der Waals surface area contributed by atoms with Crippen LogP contribution < -0.4 is 5.11 Å². The van der Waals surface area contributed by atoms with Crippen molar-refractivity contribution in [3.05, 3.63) is 59.7 Å². The van der Waals surface area contributed by atoms with Crippen LogP contribution in [0.4, 0.5) is 0 Å². The number of carboxylic acid groups (broad SMARTS) is 2. The van der Waals surface area contributed by atoms with E-state index in [-0.39, 0.29) is 11.1 Å². The SMILES string of the molecule is CCC[N+](CCC)(CCC)CCC.O=C([O-])c1ccc(SSc2ccc(C(=O)O)cc2)cc1. The fraction of sp³-hybridized carbons (Fsp3) is 0.462. The number of nitrogens with zero attached hydrogens (tertiary/aromatic N) is 1. The van der Waals surface area contributed by atoms with Crippen LogP contribution in [-0.4, -0.2) is 47.7 Å². The number of rotatable bonds is 13. The fourth-order valence-electron chi connectivity index (χ4n) is 3.96. The highest BCUT2D eigenvalue weighted by Gasteiger charge is 2.22. The minimum absolute atomic E-state index is 0.144. The van der Waals surface area contributed by atoms with E-state index in [2.05, 4.69) is 27.7 Å². The molecule has 2 aromatic rings. The van der Waals surface area contributed by atoms with E-state index in [1.54, 1.807) is 36.4 Å². The zero-order chi connectivity index (χ0) is 24.7. The van der Waals surface area contributed by atoms with Crippen molar-refractivity contribution in [3.8, 4) is 0 Å². The average molecular weight is 492 g/mol. The number of hydrogen-bond acceptors (Lipinski definition) is 5. The molecule has 0 aliphatic rings. The first kappa shape index (κ1) is 29.1. The van der Waals surface area contributed by atoms with Crippen molar-refractivity contribution in [1.29, 1.82) is 0 Å². The third-order valence-corrected chi connectivity index (χ3v) is 7.63. The minimum Gasteiger partial charge on any atom is -0.545 e. The van der Waals surface area contributed by atoms with Gasteiger partial charge in [-0.15, -0.1) is 0 Å². The molecular weight excluding hydrogens is 454 g/mol. The lowest BCUT2D eigenvalue weighted by Crippen LogP contribution is -2.50. The molecule has 0 amide bonds. The Morgan fingerprint density at radius 2 is 1.03 bits per heavy atom. The molecular formula is C26H37NO4S2. The summed E-state index contributed by atoms with van der Waals surface area (Å²) in [5.41, 5.74) is 0.392. The van der Waals surface area contributed by atoms with Gasteiger partial charge >= 0.3 is 5.97 Å². The van der Waals surface area contributed by atoms with Crippen molar-refractivity contribution < 1.29 is 24.3 Å². The Morgan fingerprint density at radius 3 is 1.30 bits per heavy atom. The molecule has 2 rings (SSSR count). The lowest BCUT2D eigenvalue weighted by molar-refractivity contribution is -0.928. The van der Waals surface area contributed by atoms with Crippen molar-refractivity contribution >= 4 is 33.5 Å². The van der Waals surface area contributed by atoms with Gasteiger partial charge in [-0.25, -0.2) is 4.79 Å². The van der Waals surface area contributed by atoms with Gasteiger partial charge in [0, 0.05) is 9.79 Å². The second-order valence-electron chi connectivity index (χ2n) is 8.04.